The van der Waals surface area contributed by atoms with Crippen molar-refractivity contribution in [3.63, 3.8) is 0 Å². The number of hydrogen-bond acceptors (Lipinski definition) is 3. The third-order valence-electron chi connectivity index (χ3n) is 2.63. The van der Waals surface area contributed by atoms with E-state index in [2.05, 4.69) is 10.0 Å². The fourth-order valence-electron chi connectivity index (χ4n) is 1.56. The SMILES string of the molecule is CNc1ccc(NS(=O)(=O)c2ccc(Cl)c(Cl)c2)cc1. The molecule has 4 nitrogen and oxygen atoms in total. The molecule has 7 heteroatoms. The molecule has 0 radical (unpaired) electrons. The standard InChI is InChI=1S/C13H12Cl2N2O2S/c1-16-9-2-4-10(5-3-9)17-20(18,19)11-6-7-12(14)13(15)8-11/h2-8,16-17H,1H3. The lowest BCUT2D eigenvalue weighted by Gasteiger charge is -2.09. The van der Waals surface area contributed by atoms with Gasteiger partial charge in [-0.1, -0.05) is 23.2 Å². The number of sulfonamides is 1. The molecule has 2 aromatic carbocycles. The van der Waals surface area contributed by atoms with Crippen LogP contribution in [0.2, 0.25) is 10.0 Å². The van der Waals surface area contributed by atoms with Gasteiger partial charge in [-0.2, -0.15) is 0 Å². The average Bonchev–Trinajstić information content (AvgIpc) is 2.42. The highest BCUT2D eigenvalue weighted by Gasteiger charge is 2.15. The Balaban J connectivity index is 2.27. The highest BCUT2D eigenvalue weighted by molar-refractivity contribution is 7.92. The molecule has 0 atom stereocenters. The molecule has 2 aromatic rings. The van der Waals surface area contributed by atoms with Crippen molar-refractivity contribution in [3.05, 3.63) is 52.5 Å². The molecular weight excluding hydrogens is 319 g/mol. The Kier molecular flexibility index (Phi) is 4.42. The minimum atomic E-state index is -3.69. The summed E-state index contributed by atoms with van der Waals surface area (Å²) in [5.41, 5.74) is 1.36. The lowest BCUT2D eigenvalue weighted by molar-refractivity contribution is 0.601. The maximum atomic E-state index is 12.2. The summed E-state index contributed by atoms with van der Waals surface area (Å²) >= 11 is 11.6. The van der Waals surface area contributed by atoms with Crippen LogP contribution in [0.5, 0.6) is 0 Å². The van der Waals surface area contributed by atoms with E-state index in [0.717, 1.165) is 5.69 Å². The summed E-state index contributed by atoms with van der Waals surface area (Å²) in [5.74, 6) is 0. The van der Waals surface area contributed by atoms with E-state index >= 15 is 0 Å². The van der Waals surface area contributed by atoms with Gasteiger partial charge in [-0.25, -0.2) is 8.42 Å². The van der Waals surface area contributed by atoms with Gasteiger partial charge in [0.15, 0.2) is 0 Å². The minimum absolute atomic E-state index is 0.0598. The van der Waals surface area contributed by atoms with Gasteiger partial charge >= 0.3 is 0 Å². The highest BCUT2D eigenvalue weighted by Crippen LogP contribution is 2.26. The predicted molar refractivity (Wildman–Crippen MR) is 83.3 cm³/mol. The van der Waals surface area contributed by atoms with Crippen LogP contribution < -0.4 is 10.0 Å². The van der Waals surface area contributed by atoms with Gasteiger partial charge in [0.25, 0.3) is 10.0 Å². The number of nitrogens with one attached hydrogen (secondary N) is 2. The maximum absolute atomic E-state index is 12.2. The topological polar surface area (TPSA) is 58.2 Å². The summed E-state index contributed by atoms with van der Waals surface area (Å²) in [4.78, 5) is 0.0598. The van der Waals surface area contributed by atoms with Crippen molar-refractivity contribution >= 4 is 44.6 Å². The molecule has 0 aromatic heterocycles. The van der Waals surface area contributed by atoms with Crippen molar-refractivity contribution < 1.29 is 8.42 Å². The zero-order chi connectivity index (χ0) is 14.8. The monoisotopic (exact) mass is 330 g/mol. The molecule has 0 bridgehead atoms. The molecule has 0 fully saturated rings. The number of rotatable bonds is 4. The van der Waals surface area contributed by atoms with Crippen LogP contribution in [0, 0.1) is 0 Å². The molecule has 0 amide bonds. The van der Waals surface area contributed by atoms with Crippen LogP contribution in [0.3, 0.4) is 0 Å². The molecule has 0 aliphatic carbocycles. The van der Waals surface area contributed by atoms with Crippen LogP contribution in [-0.4, -0.2) is 15.5 Å². The molecule has 0 spiro atoms. The quantitative estimate of drug-likeness (QED) is 0.895. The molecule has 0 aliphatic heterocycles. The molecule has 0 saturated carbocycles. The molecule has 106 valence electrons. The van der Waals surface area contributed by atoms with E-state index in [0.29, 0.717) is 10.7 Å². The maximum Gasteiger partial charge on any atom is 0.261 e. The first-order chi connectivity index (χ1) is 9.42. The lowest BCUT2D eigenvalue weighted by Crippen LogP contribution is -2.12. The van der Waals surface area contributed by atoms with Gasteiger partial charge in [0, 0.05) is 18.4 Å². The Hall–Kier alpha value is -1.43. The van der Waals surface area contributed by atoms with Gasteiger partial charge < -0.3 is 5.32 Å². The molecule has 0 heterocycles. The third kappa shape index (κ3) is 3.36. The van der Waals surface area contributed by atoms with Gasteiger partial charge in [-0.3, -0.25) is 4.72 Å². The third-order valence-corrected chi connectivity index (χ3v) is 4.75. The summed E-state index contributed by atoms with van der Waals surface area (Å²) < 4.78 is 26.9. The van der Waals surface area contributed by atoms with Crippen molar-refractivity contribution in [1.29, 1.82) is 0 Å². The van der Waals surface area contributed by atoms with E-state index in [-0.39, 0.29) is 9.92 Å². The lowest BCUT2D eigenvalue weighted by atomic mass is 10.3. The Morgan fingerprint density at radius 3 is 2.05 bits per heavy atom. The summed E-state index contributed by atoms with van der Waals surface area (Å²) in [5, 5.41) is 3.46. The fourth-order valence-corrected chi connectivity index (χ4v) is 3.01. The first-order valence-corrected chi connectivity index (χ1v) is 7.92. The Labute approximate surface area is 127 Å². The molecule has 0 saturated heterocycles. The Bertz CT molecular complexity index is 716. The van der Waals surface area contributed by atoms with E-state index in [1.807, 2.05) is 0 Å². The summed E-state index contributed by atoms with van der Waals surface area (Å²) in [7, 11) is -1.90. The second-order valence-corrected chi connectivity index (χ2v) is 6.51. The zero-order valence-corrected chi connectivity index (χ0v) is 12.9. The number of halogens is 2. The molecule has 0 aliphatic rings. The Morgan fingerprint density at radius 2 is 1.50 bits per heavy atom. The van der Waals surface area contributed by atoms with Gasteiger partial charge in [-0.15, -0.1) is 0 Å². The van der Waals surface area contributed by atoms with Gasteiger partial charge in [0.2, 0.25) is 0 Å². The second kappa shape index (κ2) is 5.91. The highest BCUT2D eigenvalue weighted by atomic mass is 35.5. The second-order valence-electron chi connectivity index (χ2n) is 4.01. The van der Waals surface area contributed by atoms with E-state index in [1.54, 1.807) is 31.3 Å². The normalized spacial score (nSPS) is 11.2. The minimum Gasteiger partial charge on any atom is -0.388 e. The van der Waals surface area contributed by atoms with Crippen LogP contribution in [0.15, 0.2) is 47.4 Å². The molecule has 20 heavy (non-hydrogen) atoms. The predicted octanol–water partition coefficient (Wildman–Crippen LogP) is 3.84. The number of hydrogen-bond donors (Lipinski definition) is 2. The van der Waals surface area contributed by atoms with Crippen molar-refractivity contribution in [1.82, 2.24) is 0 Å². The van der Waals surface area contributed by atoms with Crippen LogP contribution >= 0.6 is 23.2 Å². The fraction of sp³-hybridized carbons (Fsp3) is 0.0769. The van der Waals surface area contributed by atoms with Crippen molar-refractivity contribution in [3.8, 4) is 0 Å². The van der Waals surface area contributed by atoms with Crippen LogP contribution in [0.4, 0.5) is 11.4 Å². The largest absolute Gasteiger partial charge is 0.388 e. The number of anilines is 2. The van der Waals surface area contributed by atoms with Crippen LogP contribution in [0.25, 0.3) is 0 Å². The first-order valence-electron chi connectivity index (χ1n) is 5.68. The van der Waals surface area contributed by atoms with Crippen LogP contribution in [-0.2, 0) is 10.0 Å². The van der Waals surface area contributed by atoms with Crippen molar-refractivity contribution in [2.45, 2.75) is 4.90 Å². The zero-order valence-electron chi connectivity index (χ0n) is 10.5. The summed E-state index contributed by atoms with van der Waals surface area (Å²) in [6.45, 7) is 0. The van der Waals surface area contributed by atoms with Crippen LogP contribution in [0.1, 0.15) is 0 Å². The molecule has 2 rings (SSSR count). The van der Waals surface area contributed by atoms with E-state index in [4.69, 9.17) is 23.2 Å². The van der Waals surface area contributed by atoms with Crippen molar-refractivity contribution in [2.24, 2.45) is 0 Å². The molecule has 2 N–H and O–H groups in total. The van der Waals surface area contributed by atoms with Gasteiger partial charge in [0.05, 0.1) is 14.9 Å². The van der Waals surface area contributed by atoms with Gasteiger partial charge in [-0.05, 0) is 42.5 Å². The average molecular weight is 331 g/mol. The Morgan fingerprint density at radius 1 is 0.900 bits per heavy atom. The van der Waals surface area contributed by atoms with Gasteiger partial charge in [0.1, 0.15) is 0 Å². The number of benzene rings is 2. The summed E-state index contributed by atoms with van der Waals surface area (Å²) in [6, 6.07) is 11.0. The van der Waals surface area contributed by atoms with E-state index in [1.165, 1.54) is 18.2 Å². The van der Waals surface area contributed by atoms with Crippen molar-refractivity contribution in [2.75, 3.05) is 17.1 Å². The molecule has 0 unspecified atom stereocenters. The molecular formula is C13H12Cl2N2O2S. The van der Waals surface area contributed by atoms with E-state index < -0.39 is 10.0 Å². The smallest absolute Gasteiger partial charge is 0.261 e. The van der Waals surface area contributed by atoms with E-state index in [9.17, 15) is 8.42 Å². The first kappa shape index (κ1) is 15.0. The summed E-state index contributed by atoms with van der Waals surface area (Å²) in [6.07, 6.45) is 0.